The van der Waals surface area contributed by atoms with E-state index in [4.69, 9.17) is 4.74 Å². The molecule has 3 nitrogen and oxygen atoms in total. The van der Waals surface area contributed by atoms with Crippen molar-refractivity contribution in [2.75, 3.05) is 7.11 Å². The van der Waals surface area contributed by atoms with Crippen molar-refractivity contribution in [3.63, 3.8) is 0 Å². The Morgan fingerprint density at radius 2 is 1.86 bits per heavy atom. The molecule has 4 rings (SSSR count). The first-order chi connectivity index (χ1) is 10.6. The van der Waals surface area contributed by atoms with Crippen LogP contribution >= 0.6 is 0 Å². The average Bonchev–Trinajstić information content (AvgIpc) is 2.60. The van der Waals surface area contributed by atoms with E-state index >= 15 is 0 Å². The van der Waals surface area contributed by atoms with Crippen molar-refractivity contribution in [1.29, 1.82) is 0 Å². The second-order valence-corrected chi connectivity index (χ2v) is 7.41. The van der Waals surface area contributed by atoms with E-state index < -0.39 is 5.60 Å². The van der Waals surface area contributed by atoms with Crippen molar-refractivity contribution in [3.05, 3.63) is 35.4 Å². The highest BCUT2D eigenvalue weighted by Crippen LogP contribution is 2.73. The van der Waals surface area contributed by atoms with Crippen molar-refractivity contribution in [2.45, 2.75) is 50.5 Å². The molecule has 0 saturated heterocycles. The predicted molar refractivity (Wildman–Crippen MR) is 83.4 cm³/mol. The van der Waals surface area contributed by atoms with Crippen LogP contribution in [0.3, 0.4) is 0 Å². The van der Waals surface area contributed by atoms with E-state index in [-0.39, 0.29) is 11.4 Å². The second kappa shape index (κ2) is 4.82. The number of hydrogen-bond acceptors (Lipinski definition) is 3. The number of aliphatic hydroxyl groups is 1. The van der Waals surface area contributed by atoms with Gasteiger partial charge in [0, 0.05) is 5.41 Å². The van der Waals surface area contributed by atoms with Gasteiger partial charge in [-0.2, -0.15) is 0 Å². The fourth-order valence-corrected chi connectivity index (χ4v) is 5.74. The molecule has 3 fully saturated rings. The molecular weight excluding hydrogens is 276 g/mol. The van der Waals surface area contributed by atoms with Crippen molar-refractivity contribution in [1.82, 2.24) is 0 Å². The van der Waals surface area contributed by atoms with Gasteiger partial charge in [0.15, 0.2) is 0 Å². The second-order valence-electron chi connectivity index (χ2n) is 7.41. The van der Waals surface area contributed by atoms with Crippen LogP contribution in [-0.4, -0.2) is 18.2 Å². The van der Waals surface area contributed by atoms with Gasteiger partial charge in [-0.05, 0) is 61.6 Å². The maximum absolute atomic E-state index is 11.6. The minimum atomic E-state index is -0.676. The molecule has 0 aliphatic heterocycles. The molecule has 1 N–H and O–H groups in total. The summed E-state index contributed by atoms with van der Waals surface area (Å²) < 4.78 is 4.76. The Kier molecular flexibility index (Phi) is 3.12. The van der Waals surface area contributed by atoms with Crippen LogP contribution in [0.4, 0.5) is 0 Å². The minimum absolute atomic E-state index is 0.0982. The van der Waals surface area contributed by atoms with Gasteiger partial charge in [-0.1, -0.05) is 25.0 Å². The molecule has 0 aromatic heterocycles. The lowest BCUT2D eigenvalue weighted by molar-refractivity contribution is -0.290. The molecule has 4 atom stereocenters. The summed E-state index contributed by atoms with van der Waals surface area (Å²) >= 11 is 0. The first kappa shape index (κ1) is 14.3. The number of ether oxygens (including phenoxy) is 1. The molecule has 3 aliphatic carbocycles. The number of esters is 1. The third kappa shape index (κ3) is 1.63. The van der Waals surface area contributed by atoms with Gasteiger partial charge in [-0.3, -0.25) is 0 Å². The highest BCUT2D eigenvalue weighted by atomic mass is 16.5. The quantitative estimate of drug-likeness (QED) is 0.848. The molecule has 0 heterocycles. The number of rotatable bonds is 2. The zero-order chi connectivity index (χ0) is 15.4. The lowest BCUT2D eigenvalue weighted by Crippen LogP contribution is -2.68. The molecule has 118 valence electrons. The van der Waals surface area contributed by atoms with Gasteiger partial charge in [0.1, 0.15) is 0 Å². The summed E-state index contributed by atoms with van der Waals surface area (Å²) in [4.78, 5) is 11.6. The summed E-state index contributed by atoms with van der Waals surface area (Å²) in [6.45, 7) is 0. The molecule has 1 aromatic carbocycles. The molecule has 0 radical (unpaired) electrons. The number of carbonyl (C=O) groups is 1. The molecule has 1 aromatic rings. The summed E-state index contributed by atoms with van der Waals surface area (Å²) in [6, 6.07) is 7.47. The maximum atomic E-state index is 11.6. The largest absolute Gasteiger partial charge is 0.465 e. The lowest BCUT2D eigenvalue weighted by atomic mass is 9.36. The van der Waals surface area contributed by atoms with Crippen LogP contribution in [0.15, 0.2) is 24.3 Å². The van der Waals surface area contributed by atoms with Gasteiger partial charge in [0.25, 0.3) is 0 Å². The number of fused-ring (bicyclic) bond motifs is 1. The van der Waals surface area contributed by atoms with Crippen LogP contribution < -0.4 is 0 Å². The molecule has 3 saturated carbocycles. The molecule has 22 heavy (non-hydrogen) atoms. The topological polar surface area (TPSA) is 46.5 Å². The van der Waals surface area contributed by atoms with Gasteiger partial charge in [-0.25, -0.2) is 4.79 Å². The average molecular weight is 300 g/mol. The zero-order valence-electron chi connectivity index (χ0n) is 13.2. The molecule has 3 heteroatoms. The minimum Gasteiger partial charge on any atom is -0.465 e. The Morgan fingerprint density at radius 1 is 1.14 bits per heavy atom. The normalized spacial score (nSPS) is 39.5. The van der Waals surface area contributed by atoms with Crippen LogP contribution in [0.25, 0.3) is 0 Å². The third-order valence-corrected chi connectivity index (χ3v) is 6.78. The van der Waals surface area contributed by atoms with Crippen LogP contribution in [0.2, 0.25) is 0 Å². The van der Waals surface area contributed by atoms with Crippen molar-refractivity contribution in [2.24, 2.45) is 17.3 Å². The number of carbonyl (C=O) groups excluding carboxylic acids is 1. The smallest absolute Gasteiger partial charge is 0.337 e. The molecule has 1 unspecified atom stereocenters. The van der Waals surface area contributed by atoms with Gasteiger partial charge in [0.2, 0.25) is 0 Å². The first-order valence-corrected chi connectivity index (χ1v) is 8.53. The highest BCUT2D eigenvalue weighted by Gasteiger charge is 2.70. The first-order valence-electron chi connectivity index (χ1n) is 8.53. The summed E-state index contributed by atoms with van der Waals surface area (Å²) in [5.74, 6) is 0.753. The van der Waals surface area contributed by atoms with Gasteiger partial charge >= 0.3 is 5.97 Å². The van der Waals surface area contributed by atoms with Crippen LogP contribution in [0, 0.1) is 17.3 Å². The van der Waals surface area contributed by atoms with E-state index in [1.165, 1.54) is 39.2 Å². The Labute approximate surface area is 131 Å². The Balaban J connectivity index is 1.70. The lowest BCUT2D eigenvalue weighted by Gasteiger charge is -2.70. The Bertz CT molecular complexity index is 587. The molecule has 3 aliphatic rings. The van der Waals surface area contributed by atoms with E-state index in [0.717, 1.165) is 18.4 Å². The summed E-state index contributed by atoms with van der Waals surface area (Å²) in [7, 11) is 1.39. The van der Waals surface area contributed by atoms with Crippen molar-refractivity contribution >= 4 is 5.97 Å². The van der Waals surface area contributed by atoms with Crippen LogP contribution in [0.5, 0.6) is 0 Å². The van der Waals surface area contributed by atoms with E-state index in [9.17, 15) is 9.90 Å². The number of hydrogen-bond donors (Lipinski definition) is 1. The standard InChI is InChI=1S/C19H24O3/c1-22-17(20)13-5-7-15(8-6-13)19(21)16-10-9-14-4-2-3-11-18(14,19)12-16/h5-8,14,16,21H,2-4,9-12H2,1H3/t14-,16-,18-,19?/m0/s1. The fourth-order valence-electron chi connectivity index (χ4n) is 5.74. The predicted octanol–water partition coefficient (Wildman–Crippen LogP) is 3.65. The monoisotopic (exact) mass is 300 g/mol. The van der Waals surface area contributed by atoms with E-state index in [1.54, 1.807) is 12.1 Å². The maximum Gasteiger partial charge on any atom is 0.337 e. The van der Waals surface area contributed by atoms with Crippen molar-refractivity contribution in [3.8, 4) is 0 Å². The molecule has 0 amide bonds. The van der Waals surface area contributed by atoms with Crippen molar-refractivity contribution < 1.29 is 14.6 Å². The van der Waals surface area contributed by atoms with Gasteiger partial charge in [-0.15, -0.1) is 0 Å². The van der Waals surface area contributed by atoms with E-state index in [2.05, 4.69) is 0 Å². The van der Waals surface area contributed by atoms with E-state index in [1.807, 2.05) is 12.1 Å². The number of methoxy groups -OCH3 is 1. The highest BCUT2D eigenvalue weighted by molar-refractivity contribution is 5.89. The van der Waals surface area contributed by atoms with Crippen LogP contribution in [0.1, 0.15) is 60.9 Å². The van der Waals surface area contributed by atoms with Gasteiger partial charge in [0.05, 0.1) is 18.3 Å². The summed E-state index contributed by atoms with van der Waals surface area (Å²) in [5.41, 5.74) is 0.978. The fraction of sp³-hybridized carbons (Fsp3) is 0.632. The zero-order valence-corrected chi connectivity index (χ0v) is 13.2. The molecule has 1 spiro atoms. The Hall–Kier alpha value is -1.35. The summed E-state index contributed by atoms with van der Waals surface area (Å²) in [6.07, 6.45) is 8.60. The number of benzene rings is 1. The Morgan fingerprint density at radius 3 is 2.59 bits per heavy atom. The third-order valence-electron chi connectivity index (χ3n) is 6.78. The van der Waals surface area contributed by atoms with Crippen LogP contribution in [-0.2, 0) is 10.3 Å². The molecular formula is C19H24O3. The van der Waals surface area contributed by atoms with E-state index in [0.29, 0.717) is 17.4 Å². The molecule has 2 bridgehead atoms. The summed E-state index contributed by atoms with van der Waals surface area (Å²) in [5, 5.41) is 11.6. The van der Waals surface area contributed by atoms with Gasteiger partial charge < -0.3 is 9.84 Å². The SMILES string of the molecule is COC(=O)c1ccc(C2(O)[C@H]3CC[C@@H]4CCCC[C@]42C3)cc1.